The van der Waals surface area contributed by atoms with Gasteiger partial charge in [-0.15, -0.1) is 0 Å². The van der Waals surface area contributed by atoms with E-state index in [4.69, 9.17) is 10.7 Å². The molecule has 1 aliphatic heterocycles. The predicted molar refractivity (Wildman–Crippen MR) is 109 cm³/mol. The first kappa shape index (κ1) is 18.6. The van der Waals surface area contributed by atoms with Crippen molar-refractivity contribution in [1.82, 2.24) is 9.88 Å². The van der Waals surface area contributed by atoms with Gasteiger partial charge in [0.2, 0.25) is 5.91 Å². The number of primary amides is 1. The van der Waals surface area contributed by atoms with Crippen molar-refractivity contribution in [3.63, 3.8) is 0 Å². The Balaban J connectivity index is 1.75. The molecular formula is C23H24FN3O. The van der Waals surface area contributed by atoms with Crippen molar-refractivity contribution in [1.29, 1.82) is 0 Å². The number of hydrogen-bond acceptors (Lipinski definition) is 3. The first-order chi connectivity index (χ1) is 13.5. The largest absolute Gasteiger partial charge is 0.369 e. The Morgan fingerprint density at radius 3 is 2.75 bits per heavy atom. The van der Waals surface area contributed by atoms with Gasteiger partial charge in [-0.05, 0) is 74.3 Å². The molecule has 144 valence electrons. The van der Waals surface area contributed by atoms with Gasteiger partial charge in [0.05, 0.1) is 17.1 Å². The second kappa shape index (κ2) is 7.68. The van der Waals surface area contributed by atoms with Crippen LogP contribution in [0.5, 0.6) is 0 Å². The summed E-state index contributed by atoms with van der Waals surface area (Å²) >= 11 is 0. The summed E-state index contributed by atoms with van der Waals surface area (Å²) in [4.78, 5) is 18.8. The molecule has 2 N–H and O–H groups in total. The zero-order valence-corrected chi connectivity index (χ0v) is 16.0. The van der Waals surface area contributed by atoms with E-state index < -0.39 is 0 Å². The summed E-state index contributed by atoms with van der Waals surface area (Å²) in [6, 6.07) is 14.8. The highest BCUT2D eigenvalue weighted by atomic mass is 19.1. The topological polar surface area (TPSA) is 59.2 Å². The third-order valence-corrected chi connectivity index (χ3v) is 5.47. The number of carbonyl (C=O) groups is 1. The summed E-state index contributed by atoms with van der Waals surface area (Å²) in [5.41, 5.74) is 10.5. The fourth-order valence-corrected chi connectivity index (χ4v) is 3.99. The second-order valence-electron chi connectivity index (χ2n) is 7.68. The molecule has 1 aliphatic rings. The minimum atomic E-state index is -0.262. The van der Waals surface area contributed by atoms with Crippen LogP contribution in [-0.4, -0.2) is 28.9 Å². The van der Waals surface area contributed by atoms with Crippen LogP contribution in [0.4, 0.5) is 4.39 Å². The summed E-state index contributed by atoms with van der Waals surface area (Å²) in [5, 5.41) is 1.09. The number of fused-ring (bicyclic) bond motifs is 1. The molecule has 1 fully saturated rings. The van der Waals surface area contributed by atoms with Crippen molar-refractivity contribution in [2.75, 3.05) is 13.1 Å². The number of aryl methyl sites for hydroxylation is 1. The third-order valence-electron chi connectivity index (χ3n) is 5.47. The zero-order chi connectivity index (χ0) is 19.7. The molecular weight excluding hydrogens is 353 g/mol. The highest BCUT2D eigenvalue weighted by molar-refractivity contribution is 5.84. The van der Waals surface area contributed by atoms with Gasteiger partial charge in [0.15, 0.2) is 0 Å². The number of piperidine rings is 1. The lowest BCUT2D eigenvalue weighted by Gasteiger charge is -2.31. The van der Waals surface area contributed by atoms with Crippen molar-refractivity contribution in [2.45, 2.75) is 26.3 Å². The number of nitrogens with two attached hydrogens (primary N) is 1. The molecule has 1 atom stereocenters. The standard InChI is InChI=1S/C23H24FN3O/c1-15-4-9-21-18(11-15)12-19(14-27-10-2-3-17(13-27)23(25)28)22(26-21)16-5-7-20(24)8-6-16/h4-9,11-12,17H,2-3,10,13-14H2,1H3,(H2,25,28)/t17-/m1/s1. The van der Waals surface area contributed by atoms with Gasteiger partial charge in [-0.3, -0.25) is 9.69 Å². The second-order valence-corrected chi connectivity index (χ2v) is 7.68. The summed E-state index contributed by atoms with van der Waals surface area (Å²) in [5.74, 6) is -0.587. The van der Waals surface area contributed by atoms with Gasteiger partial charge in [-0.1, -0.05) is 11.6 Å². The molecule has 5 heteroatoms. The summed E-state index contributed by atoms with van der Waals surface area (Å²) < 4.78 is 13.4. The quantitative estimate of drug-likeness (QED) is 0.746. The Bertz CT molecular complexity index is 1020. The maximum absolute atomic E-state index is 13.4. The minimum absolute atomic E-state index is 0.0984. The first-order valence-electron chi connectivity index (χ1n) is 9.67. The van der Waals surface area contributed by atoms with Crippen molar-refractivity contribution in [2.24, 2.45) is 11.7 Å². The number of nitrogens with zero attached hydrogens (tertiary/aromatic N) is 2. The Morgan fingerprint density at radius 1 is 1.21 bits per heavy atom. The predicted octanol–water partition coefficient (Wildman–Crippen LogP) is 4.05. The SMILES string of the molecule is Cc1ccc2nc(-c3ccc(F)cc3)c(CN3CCC[C@@H](C(N)=O)C3)cc2c1. The number of aromatic nitrogens is 1. The van der Waals surface area contributed by atoms with E-state index in [0.717, 1.165) is 47.1 Å². The number of amides is 1. The molecule has 0 saturated carbocycles. The van der Waals surface area contributed by atoms with Crippen LogP contribution in [0.1, 0.15) is 24.0 Å². The Morgan fingerprint density at radius 2 is 2.00 bits per heavy atom. The zero-order valence-electron chi connectivity index (χ0n) is 16.0. The molecule has 0 bridgehead atoms. The van der Waals surface area contributed by atoms with E-state index in [-0.39, 0.29) is 17.6 Å². The van der Waals surface area contributed by atoms with Crippen LogP contribution in [0.3, 0.4) is 0 Å². The molecule has 0 unspecified atom stereocenters. The third kappa shape index (κ3) is 3.90. The number of halogens is 1. The fraction of sp³-hybridized carbons (Fsp3) is 0.304. The lowest BCUT2D eigenvalue weighted by atomic mass is 9.96. The molecule has 0 aliphatic carbocycles. The number of hydrogen-bond donors (Lipinski definition) is 1. The minimum Gasteiger partial charge on any atom is -0.369 e. The lowest BCUT2D eigenvalue weighted by Crippen LogP contribution is -2.40. The maximum atomic E-state index is 13.4. The monoisotopic (exact) mass is 377 g/mol. The van der Waals surface area contributed by atoms with Crippen LogP contribution in [0, 0.1) is 18.7 Å². The summed E-state index contributed by atoms with van der Waals surface area (Å²) in [6.45, 7) is 4.35. The van der Waals surface area contributed by atoms with Crippen LogP contribution in [0.2, 0.25) is 0 Å². The molecule has 4 rings (SSSR count). The van der Waals surface area contributed by atoms with Crippen LogP contribution in [0.15, 0.2) is 48.5 Å². The van der Waals surface area contributed by atoms with E-state index in [1.54, 1.807) is 12.1 Å². The average Bonchev–Trinajstić information content (AvgIpc) is 2.68. The maximum Gasteiger partial charge on any atom is 0.221 e. The number of rotatable bonds is 4. The fourth-order valence-electron chi connectivity index (χ4n) is 3.99. The molecule has 2 heterocycles. The van der Waals surface area contributed by atoms with E-state index in [2.05, 4.69) is 24.0 Å². The van der Waals surface area contributed by atoms with Gasteiger partial charge in [-0.2, -0.15) is 0 Å². The first-order valence-corrected chi connectivity index (χ1v) is 9.67. The molecule has 0 radical (unpaired) electrons. The van der Waals surface area contributed by atoms with Crippen LogP contribution < -0.4 is 5.73 Å². The highest BCUT2D eigenvalue weighted by Gasteiger charge is 2.25. The Labute approximate surface area is 164 Å². The van der Waals surface area contributed by atoms with Gasteiger partial charge < -0.3 is 5.73 Å². The number of likely N-dealkylation sites (tertiary alicyclic amines) is 1. The number of pyridine rings is 1. The van der Waals surface area contributed by atoms with Crippen LogP contribution in [-0.2, 0) is 11.3 Å². The van der Waals surface area contributed by atoms with Crippen molar-refractivity contribution < 1.29 is 9.18 Å². The normalized spacial score (nSPS) is 17.7. The van der Waals surface area contributed by atoms with Gasteiger partial charge in [-0.25, -0.2) is 9.37 Å². The van der Waals surface area contributed by atoms with Crippen molar-refractivity contribution >= 4 is 16.8 Å². The van der Waals surface area contributed by atoms with E-state index >= 15 is 0 Å². The lowest BCUT2D eigenvalue weighted by molar-refractivity contribution is -0.123. The molecule has 0 spiro atoms. The van der Waals surface area contributed by atoms with Gasteiger partial charge >= 0.3 is 0 Å². The summed E-state index contributed by atoms with van der Waals surface area (Å²) in [7, 11) is 0. The molecule has 3 aromatic rings. The van der Waals surface area contributed by atoms with Crippen LogP contribution >= 0.6 is 0 Å². The number of benzene rings is 2. The van der Waals surface area contributed by atoms with Crippen molar-refractivity contribution in [3.8, 4) is 11.3 Å². The highest BCUT2D eigenvalue weighted by Crippen LogP contribution is 2.29. The van der Waals surface area contributed by atoms with Gasteiger partial charge in [0, 0.05) is 24.0 Å². The summed E-state index contributed by atoms with van der Waals surface area (Å²) in [6.07, 6.45) is 1.81. The Hall–Kier alpha value is -2.79. The Kier molecular flexibility index (Phi) is 5.09. The van der Waals surface area contributed by atoms with Gasteiger partial charge in [0.25, 0.3) is 0 Å². The van der Waals surface area contributed by atoms with E-state index in [9.17, 15) is 9.18 Å². The van der Waals surface area contributed by atoms with E-state index in [1.165, 1.54) is 17.7 Å². The molecule has 2 aromatic carbocycles. The van der Waals surface area contributed by atoms with E-state index in [0.29, 0.717) is 13.1 Å². The van der Waals surface area contributed by atoms with Gasteiger partial charge in [0.1, 0.15) is 5.82 Å². The number of carbonyl (C=O) groups excluding carboxylic acids is 1. The average molecular weight is 377 g/mol. The molecule has 1 saturated heterocycles. The van der Waals surface area contributed by atoms with E-state index in [1.807, 2.05) is 12.1 Å². The molecule has 1 amide bonds. The molecule has 1 aromatic heterocycles. The van der Waals surface area contributed by atoms with Crippen molar-refractivity contribution in [3.05, 3.63) is 65.5 Å². The molecule has 28 heavy (non-hydrogen) atoms. The smallest absolute Gasteiger partial charge is 0.221 e. The molecule has 4 nitrogen and oxygen atoms in total. The van der Waals surface area contributed by atoms with Crippen LogP contribution in [0.25, 0.3) is 22.2 Å².